The predicted molar refractivity (Wildman–Crippen MR) is 66.9 cm³/mol. The molecule has 0 aliphatic carbocycles. The average Bonchev–Trinajstić information content (AvgIpc) is 2.31. The van der Waals surface area contributed by atoms with Crippen LogP contribution in [0.1, 0.15) is 13.3 Å². The topological polar surface area (TPSA) is 67.5 Å². The van der Waals surface area contributed by atoms with Gasteiger partial charge in [-0.15, -0.1) is 0 Å². The van der Waals surface area contributed by atoms with Crippen LogP contribution >= 0.6 is 0 Å². The fourth-order valence-corrected chi connectivity index (χ4v) is 1.03. The molecule has 16 heavy (non-hydrogen) atoms. The second-order valence-electron chi connectivity index (χ2n) is 3.17. The van der Waals surface area contributed by atoms with Crippen molar-refractivity contribution in [1.82, 2.24) is 5.32 Å². The fraction of sp³-hybridized carbons (Fsp3) is 0.500. The Morgan fingerprint density at radius 1 is 1.38 bits per heavy atom. The molecule has 0 bridgehead atoms. The highest BCUT2D eigenvalue weighted by atomic mass is 16.5. The molecule has 0 fully saturated rings. The minimum atomic E-state index is 0.181. The Kier molecular flexibility index (Phi) is 9.46. The zero-order valence-corrected chi connectivity index (χ0v) is 10.1. The third kappa shape index (κ3) is 7.09. The molecule has 0 spiro atoms. The first kappa shape index (κ1) is 14.7. The number of nitrogens with two attached hydrogens (primary N) is 1. The summed E-state index contributed by atoms with van der Waals surface area (Å²) in [5, 5.41) is 12.2. The SMILES string of the molecule is CCNCCCN.COc1ccccc1O. The van der Waals surface area contributed by atoms with Crippen molar-refractivity contribution in [3.63, 3.8) is 0 Å². The number of benzene rings is 1. The van der Waals surface area contributed by atoms with Gasteiger partial charge in [0.15, 0.2) is 11.5 Å². The first-order valence-corrected chi connectivity index (χ1v) is 5.49. The van der Waals surface area contributed by atoms with Gasteiger partial charge < -0.3 is 20.9 Å². The molecule has 4 heteroatoms. The molecule has 0 unspecified atom stereocenters. The van der Waals surface area contributed by atoms with E-state index in [1.807, 2.05) is 0 Å². The molecule has 0 aliphatic heterocycles. The standard InChI is InChI=1S/C7H8O2.C5H14N2/c1-9-7-5-3-2-4-6(7)8;1-2-7-5-3-4-6/h2-5,8H,1H3;7H,2-6H2,1H3. The van der Waals surface area contributed by atoms with E-state index in [1.165, 1.54) is 7.11 Å². The van der Waals surface area contributed by atoms with E-state index >= 15 is 0 Å². The molecule has 0 aliphatic rings. The van der Waals surface area contributed by atoms with Crippen LogP contribution in [0.3, 0.4) is 0 Å². The van der Waals surface area contributed by atoms with E-state index in [0.29, 0.717) is 5.75 Å². The van der Waals surface area contributed by atoms with Gasteiger partial charge in [-0.3, -0.25) is 0 Å². The zero-order chi connectivity index (χ0) is 12.2. The highest BCUT2D eigenvalue weighted by Gasteiger charge is 1.94. The Labute approximate surface area is 97.4 Å². The average molecular weight is 226 g/mol. The summed E-state index contributed by atoms with van der Waals surface area (Å²) in [4.78, 5) is 0. The van der Waals surface area contributed by atoms with Gasteiger partial charge in [-0.1, -0.05) is 19.1 Å². The molecule has 92 valence electrons. The predicted octanol–water partition coefficient (Wildman–Crippen LogP) is 1.35. The Hall–Kier alpha value is -1.26. The summed E-state index contributed by atoms with van der Waals surface area (Å²) in [6, 6.07) is 6.84. The number of phenols is 1. The summed E-state index contributed by atoms with van der Waals surface area (Å²) in [5.41, 5.74) is 5.23. The molecule has 0 amide bonds. The van der Waals surface area contributed by atoms with E-state index in [-0.39, 0.29) is 5.75 Å². The van der Waals surface area contributed by atoms with Crippen LogP contribution in [0.5, 0.6) is 11.5 Å². The number of hydrogen-bond acceptors (Lipinski definition) is 4. The molecule has 0 radical (unpaired) electrons. The lowest BCUT2D eigenvalue weighted by atomic mass is 10.3. The molecule has 0 heterocycles. The van der Waals surface area contributed by atoms with Crippen molar-refractivity contribution in [2.75, 3.05) is 26.7 Å². The molecule has 0 atom stereocenters. The van der Waals surface area contributed by atoms with Crippen molar-refractivity contribution < 1.29 is 9.84 Å². The highest BCUT2D eigenvalue weighted by Crippen LogP contribution is 2.22. The molecule has 4 nitrogen and oxygen atoms in total. The first-order chi connectivity index (χ1) is 7.76. The van der Waals surface area contributed by atoms with Crippen LogP contribution in [0, 0.1) is 0 Å². The van der Waals surface area contributed by atoms with Crippen molar-refractivity contribution >= 4 is 0 Å². The van der Waals surface area contributed by atoms with Gasteiger partial charge in [0.05, 0.1) is 7.11 Å². The van der Waals surface area contributed by atoms with Gasteiger partial charge in [-0.25, -0.2) is 0 Å². The van der Waals surface area contributed by atoms with Gasteiger partial charge in [0.25, 0.3) is 0 Å². The lowest BCUT2D eigenvalue weighted by molar-refractivity contribution is 0.373. The van der Waals surface area contributed by atoms with E-state index in [9.17, 15) is 0 Å². The van der Waals surface area contributed by atoms with E-state index < -0.39 is 0 Å². The summed E-state index contributed by atoms with van der Waals surface area (Å²) in [6.07, 6.45) is 1.09. The molecule has 0 aromatic heterocycles. The molecule has 1 rings (SSSR count). The third-order valence-corrected chi connectivity index (χ3v) is 1.89. The van der Waals surface area contributed by atoms with Crippen molar-refractivity contribution in [1.29, 1.82) is 0 Å². The zero-order valence-electron chi connectivity index (χ0n) is 10.1. The van der Waals surface area contributed by atoms with Crippen LogP contribution in [0.4, 0.5) is 0 Å². The van der Waals surface area contributed by atoms with Crippen LogP contribution in [-0.4, -0.2) is 31.9 Å². The second-order valence-corrected chi connectivity index (χ2v) is 3.17. The van der Waals surface area contributed by atoms with Gasteiger partial charge in [0.1, 0.15) is 0 Å². The van der Waals surface area contributed by atoms with E-state index in [2.05, 4.69) is 12.2 Å². The molecule has 4 N–H and O–H groups in total. The number of rotatable bonds is 5. The van der Waals surface area contributed by atoms with Crippen LogP contribution in [0.2, 0.25) is 0 Å². The first-order valence-electron chi connectivity index (χ1n) is 5.49. The Bertz CT molecular complexity index is 263. The molecule has 1 aromatic carbocycles. The number of methoxy groups -OCH3 is 1. The number of aromatic hydroxyl groups is 1. The van der Waals surface area contributed by atoms with Gasteiger partial charge in [0, 0.05) is 0 Å². The third-order valence-electron chi connectivity index (χ3n) is 1.89. The maximum Gasteiger partial charge on any atom is 0.160 e. The summed E-state index contributed by atoms with van der Waals surface area (Å²) in [7, 11) is 1.52. The number of phenolic OH excluding ortho intramolecular Hbond substituents is 1. The lowest BCUT2D eigenvalue weighted by Gasteiger charge is -1.99. The Balaban J connectivity index is 0.000000293. The quantitative estimate of drug-likeness (QED) is 0.663. The van der Waals surface area contributed by atoms with E-state index in [4.69, 9.17) is 15.6 Å². The normalized spacial score (nSPS) is 9.19. The maximum absolute atomic E-state index is 8.99. The van der Waals surface area contributed by atoms with Gasteiger partial charge in [-0.05, 0) is 38.2 Å². The smallest absolute Gasteiger partial charge is 0.160 e. The second kappa shape index (κ2) is 10.3. The number of nitrogens with one attached hydrogen (secondary N) is 1. The summed E-state index contributed by atoms with van der Waals surface area (Å²) >= 11 is 0. The van der Waals surface area contributed by atoms with Crippen molar-refractivity contribution in [2.45, 2.75) is 13.3 Å². The van der Waals surface area contributed by atoms with E-state index in [1.54, 1.807) is 24.3 Å². The summed E-state index contributed by atoms with van der Waals surface area (Å²) < 4.78 is 4.79. The number of para-hydroxylation sites is 2. The van der Waals surface area contributed by atoms with Crippen molar-refractivity contribution in [2.24, 2.45) is 5.73 Å². The molecular weight excluding hydrogens is 204 g/mol. The van der Waals surface area contributed by atoms with Crippen LogP contribution in [0.25, 0.3) is 0 Å². The summed E-state index contributed by atoms with van der Waals surface area (Å²) in [6.45, 7) is 5.01. The number of ether oxygens (including phenoxy) is 1. The minimum absolute atomic E-state index is 0.181. The largest absolute Gasteiger partial charge is 0.504 e. The van der Waals surface area contributed by atoms with Gasteiger partial charge in [-0.2, -0.15) is 0 Å². The van der Waals surface area contributed by atoms with Crippen molar-refractivity contribution in [3.05, 3.63) is 24.3 Å². The Morgan fingerprint density at radius 3 is 2.50 bits per heavy atom. The Morgan fingerprint density at radius 2 is 2.06 bits per heavy atom. The molecule has 0 saturated carbocycles. The molecular formula is C12H22N2O2. The van der Waals surface area contributed by atoms with Crippen molar-refractivity contribution in [3.8, 4) is 11.5 Å². The maximum atomic E-state index is 8.99. The van der Waals surface area contributed by atoms with Crippen LogP contribution < -0.4 is 15.8 Å². The molecule has 0 saturated heterocycles. The lowest BCUT2D eigenvalue weighted by Crippen LogP contribution is -2.17. The summed E-state index contributed by atoms with van der Waals surface area (Å²) in [5.74, 6) is 0.692. The van der Waals surface area contributed by atoms with Crippen LogP contribution in [-0.2, 0) is 0 Å². The fourth-order valence-electron chi connectivity index (χ4n) is 1.03. The van der Waals surface area contributed by atoms with Crippen LogP contribution in [0.15, 0.2) is 24.3 Å². The van der Waals surface area contributed by atoms with Gasteiger partial charge >= 0.3 is 0 Å². The monoisotopic (exact) mass is 226 g/mol. The van der Waals surface area contributed by atoms with Gasteiger partial charge in [0.2, 0.25) is 0 Å². The minimum Gasteiger partial charge on any atom is -0.504 e. The number of hydrogen-bond donors (Lipinski definition) is 3. The van der Waals surface area contributed by atoms with E-state index in [0.717, 1.165) is 26.1 Å². The molecule has 1 aromatic rings. The highest BCUT2D eigenvalue weighted by molar-refractivity contribution is 5.37.